The van der Waals surface area contributed by atoms with Crippen LogP contribution in [-0.4, -0.2) is 5.78 Å². The van der Waals surface area contributed by atoms with Crippen LogP contribution < -0.4 is 0 Å². The van der Waals surface area contributed by atoms with Crippen molar-refractivity contribution in [1.82, 2.24) is 0 Å². The lowest BCUT2D eigenvalue weighted by molar-refractivity contribution is 0.0978. The highest BCUT2D eigenvalue weighted by Gasteiger charge is 2.07. The topological polar surface area (TPSA) is 17.1 Å². The molecule has 0 aliphatic heterocycles. The van der Waals surface area contributed by atoms with Gasteiger partial charge in [-0.3, -0.25) is 4.79 Å². The van der Waals surface area contributed by atoms with Crippen LogP contribution in [0.25, 0.3) is 0 Å². The minimum atomic E-state index is 0.250. The second kappa shape index (κ2) is 8.90. The normalized spacial score (nSPS) is 10.7. The van der Waals surface area contributed by atoms with E-state index < -0.39 is 0 Å². The van der Waals surface area contributed by atoms with Gasteiger partial charge in [-0.15, -0.1) is 0 Å². The van der Waals surface area contributed by atoms with E-state index in [2.05, 4.69) is 19.1 Å². The van der Waals surface area contributed by atoms with Crippen molar-refractivity contribution < 1.29 is 4.79 Å². The molecule has 0 spiro atoms. The maximum Gasteiger partial charge on any atom is 0.163 e. The van der Waals surface area contributed by atoms with E-state index in [0.29, 0.717) is 6.42 Å². The predicted molar refractivity (Wildman–Crippen MR) is 81.7 cm³/mol. The maximum absolute atomic E-state index is 12.1. The summed E-state index contributed by atoms with van der Waals surface area (Å²) in [6, 6.07) is 7.18. The van der Waals surface area contributed by atoms with Gasteiger partial charge in [0.1, 0.15) is 0 Å². The summed E-state index contributed by atoms with van der Waals surface area (Å²) in [4.78, 5) is 12.1. The first-order valence-electron chi connectivity index (χ1n) is 7.67. The first-order valence-corrected chi connectivity index (χ1v) is 7.67. The first-order chi connectivity index (χ1) is 9.13. The van der Waals surface area contributed by atoms with Crippen molar-refractivity contribution in [3.8, 4) is 0 Å². The van der Waals surface area contributed by atoms with Crippen LogP contribution in [0.15, 0.2) is 12.1 Å². The quantitative estimate of drug-likeness (QED) is 0.427. The Balaban J connectivity index is 2.24. The molecule has 0 unspecified atom stereocenters. The first kappa shape index (κ1) is 15.9. The molecule has 0 fully saturated rings. The Morgan fingerprint density at radius 2 is 1.63 bits per heavy atom. The van der Waals surface area contributed by atoms with E-state index >= 15 is 0 Å². The molecule has 0 saturated heterocycles. The van der Waals surface area contributed by atoms with E-state index in [4.69, 9.17) is 0 Å². The molecular weight excluding hydrogens is 232 g/mol. The molecule has 105 valence electrons. The number of Topliss-reactive ketones (excluding diaryl/α,β-unsaturated/α-hetero) is 1. The Kier molecular flexibility index (Phi) is 7.47. The van der Waals surface area contributed by atoms with Crippen LogP contribution >= 0.6 is 0 Å². The average Bonchev–Trinajstić information content (AvgIpc) is 2.36. The number of ketones is 1. The summed E-state index contributed by atoms with van der Waals surface area (Å²) in [6.45, 7) is 6.27. The standard InChI is InChI=1S/C18H27O/c1-4-5-6-7-8-9-10-11-18(19)17-13-15(2)12-16(3)14-17/h12-13H,4-11H2,1-3H3. The molecule has 0 heterocycles. The zero-order chi connectivity index (χ0) is 14.1. The molecule has 0 aromatic heterocycles. The zero-order valence-corrected chi connectivity index (χ0v) is 12.7. The summed E-state index contributed by atoms with van der Waals surface area (Å²) < 4.78 is 0. The Morgan fingerprint density at radius 3 is 2.26 bits per heavy atom. The third-order valence-electron chi connectivity index (χ3n) is 3.46. The van der Waals surface area contributed by atoms with Crippen molar-refractivity contribution in [3.05, 3.63) is 34.9 Å². The Morgan fingerprint density at radius 1 is 1.00 bits per heavy atom. The molecule has 1 nitrogen and oxygen atoms in total. The molecule has 0 atom stereocenters. The van der Waals surface area contributed by atoms with Crippen molar-refractivity contribution in [2.45, 2.75) is 72.1 Å². The van der Waals surface area contributed by atoms with Gasteiger partial charge < -0.3 is 0 Å². The molecule has 1 radical (unpaired) electrons. The highest BCUT2D eigenvalue weighted by Crippen LogP contribution is 2.13. The van der Waals surface area contributed by atoms with Gasteiger partial charge in [0.25, 0.3) is 0 Å². The Labute approximate surface area is 118 Å². The zero-order valence-electron chi connectivity index (χ0n) is 12.7. The molecular formula is C18H27O. The van der Waals surface area contributed by atoms with Crippen molar-refractivity contribution >= 4 is 5.78 Å². The second-order valence-corrected chi connectivity index (χ2v) is 5.55. The van der Waals surface area contributed by atoms with E-state index in [9.17, 15) is 4.79 Å². The molecule has 0 N–H and O–H groups in total. The van der Waals surface area contributed by atoms with Gasteiger partial charge in [-0.05, 0) is 38.0 Å². The van der Waals surface area contributed by atoms with Gasteiger partial charge in [0.2, 0.25) is 0 Å². The van der Waals surface area contributed by atoms with Crippen molar-refractivity contribution in [3.63, 3.8) is 0 Å². The number of carbonyl (C=O) groups is 1. The van der Waals surface area contributed by atoms with Gasteiger partial charge in [0, 0.05) is 12.0 Å². The maximum atomic E-state index is 12.1. The van der Waals surface area contributed by atoms with Crippen LogP contribution in [0.5, 0.6) is 0 Å². The van der Waals surface area contributed by atoms with Crippen LogP contribution in [0, 0.1) is 19.9 Å². The summed E-state index contributed by atoms with van der Waals surface area (Å²) in [7, 11) is 0. The lowest BCUT2D eigenvalue weighted by Gasteiger charge is -2.04. The fraction of sp³-hybridized carbons (Fsp3) is 0.611. The average molecular weight is 259 g/mol. The van der Waals surface area contributed by atoms with Crippen LogP contribution in [0.2, 0.25) is 0 Å². The molecule has 19 heavy (non-hydrogen) atoms. The van der Waals surface area contributed by atoms with Crippen LogP contribution in [0.4, 0.5) is 0 Å². The number of carbonyl (C=O) groups excluding carboxylic acids is 1. The molecule has 1 aromatic rings. The number of rotatable bonds is 9. The third-order valence-corrected chi connectivity index (χ3v) is 3.46. The molecule has 0 amide bonds. The summed E-state index contributed by atoms with van der Waals surface area (Å²) in [5.74, 6) is 0.250. The summed E-state index contributed by atoms with van der Waals surface area (Å²) >= 11 is 0. The molecule has 0 saturated carbocycles. The van der Waals surface area contributed by atoms with E-state index in [0.717, 1.165) is 23.1 Å². The molecule has 1 heteroatoms. The van der Waals surface area contributed by atoms with Crippen LogP contribution in [0.1, 0.15) is 79.8 Å². The van der Waals surface area contributed by atoms with Crippen molar-refractivity contribution in [1.29, 1.82) is 0 Å². The van der Waals surface area contributed by atoms with E-state index in [1.165, 1.54) is 38.5 Å². The van der Waals surface area contributed by atoms with Gasteiger partial charge in [-0.25, -0.2) is 0 Å². The predicted octanol–water partition coefficient (Wildman–Crippen LogP) is 5.43. The van der Waals surface area contributed by atoms with Gasteiger partial charge in [-0.2, -0.15) is 0 Å². The second-order valence-electron chi connectivity index (χ2n) is 5.55. The third kappa shape index (κ3) is 6.56. The highest BCUT2D eigenvalue weighted by atomic mass is 16.1. The lowest BCUT2D eigenvalue weighted by Crippen LogP contribution is -2.00. The molecule has 0 bridgehead atoms. The fourth-order valence-electron chi connectivity index (χ4n) is 2.42. The largest absolute Gasteiger partial charge is 0.294 e. The lowest BCUT2D eigenvalue weighted by atomic mass is 10.00. The van der Waals surface area contributed by atoms with Crippen molar-refractivity contribution in [2.75, 3.05) is 0 Å². The summed E-state index contributed by atoms with van der Waals surface area (Å²) in [6.07, 6.45) is 9.44. The minimum absolute atomic E-state index is 0.250. The smallest absolute Gasteiger partial charge is 0.163 e. The Hall–Kier alpha value is -1.11. The monoisotopic (exact) mass is 259 g/mol. The minimum Gasteiger partial charge on any atom is -0.294 e. The fourth-order valence-corrected chi connectivity index (χ4v) is 2.42. The number of hydrogen-bond donors (Lipinski definition) is 0. The highest BCUT2D eigenvalue weighted by molar-refractivity contribution is 5.96. The van der Waals surface area contributed by atoms with E-state index in [1.807, 2.05) is 19.9 Å². The van der Waals surface area contributed by atoms with Crippen LogP contribution in [0.3, 0.4) is 0 Å². The van der Waals surface area contributed by atoms with E-state index in [-0.39, 0.29) is 5.78 Å². The number of aryl methyl sites for hydroxylation is 2. The Bertz CT molecular complexity index is 372. The van der Waals surface area contributed by atoms with Crippen LogP contribution in [-0.2, 0) is 0 Å². The summed E-state index contributed by atoms with van der Waals surface area (Å²) in [5, 5.41) is 0. The van der Waals surface area contributed by atoms with Gasteiger partial charge in [0.15, 0.2) is 5.78 Å². The molecule has 0 aliphatic carbocycles. The summed E-state index contributed by atoms with van der Waals surface area (Å²) in [5.41, 5.74) is 2.98. The molecule has 1 rings (SSSR count). The van der Waals surface area contributed by atoms with Crippen molar-refractivity contribution in [2.24, 2.45) is 0 Å². The number of benzene rings is 1. The van der Waals surface area contributed by atoms with Gasteiger partial charge in [0.05, 0.1) is 0 Å². The van der Waals surface area contributed by atoms with Gasteiger partial charge in [-0.1, -0.05) is 57.1 Å². The molecule has 0 aliphatic rings. The number of unbranched alkanes of at least 4 members (excludes halogenated alkanes) is 6. The number of hydrogen-bond acceptors (Lipinski definition) is 1. The van der Waals surface area contributed by atoms with Gasteiger partial charge >= 0.3 is 0 Å². The van der Waals surface area contributed by atoms with E-state index in [1.54, 1.807) is 0 Å². The molecule has 1 aromatic carbocycles. The SMILES string of the molecule is CCCCCCCCCC(=O)c1[c]c(C)cc(C)c1.